The van der Waals surface area contributed by atoms with Crippen LogP contribution in [0.15, 0.2) is 16.3 Å². The number of amidine groups is 1. The summed E-state index contributed by atoms with van der Waals surface area (Å²) in [4.78, 5) is 33.8. The number of amides is 1. The number of ether oxygens (including phenoxy) is 2. The van der Waals surface area contributed by atoms with Crippen LogP contribution in [0.2, 0.25) is 0 Å². The van der Waals surface area contributed by atoms with Crippen molar-refractivity contribution < 1.29 is 19.1 Å². The number of nitrogens with zero attached hydrogens (tertiary/aromatic N) is 4. The van der Waals surface area contributed by atoms with Gasteiger partial charge < -0.3 is 19.3 Å². The lowest BCUT2D eigenvalue weighted by molar-refractivity contribution is -0.145. The van der Waals surface area contributed by atoms with E-state index in [-0.39, 0.29) is 54.1 Å². The lowest BCUT2D eigenvalue weighted by Gasteiger charge is -2.48. The fourth-order valence-corrected chi connectivity index (χ4v) is 5.60. The average molecular weight is 471 g/mol. The summed E-state index contributed by atoms with van der Waals surface area (Å²) in [6, 6.07) is 2.59. The van der Waals surface area contributed by atoms with Crippen LogP contribution in [-0.4, -0.2) is 72.5 Å². The van der Waals surface area contributed by atoms with E-state index in [1.807, 2.05) is 4.90 Å². The summed E-state index contributed by atoms with van der Waals surface area (Å²) < 4.78 is 10.8. The van der Waals surface area contributed by atoms with Crippen molar-refractivity contribution in [3.8, 4) is 6.07 Å². The Morgan fingerprint density at radius 3 is 2.62 bits per heavy atom. The highest BCUT2D eigenvalue weighted by atomic mass is 16.5. The monoisotopic (exact) mass is 470 g/mol. The first-order valence-corrected chi connectivity index (χ1v) is 12.6. The number of hydrogen-bond donors (Lipinski definition) is 0. The molecule has 2 saturated heterocycles. The summed E-state index contributed by atoms with van der Waals surface area (Å²) in [5.41, 5.74) is 2.12. The van der Waals surface area contributed by atoms with Crippen molar-refractivity contribution in [3.05, 3.63) is 11.3 Å². The maximum atomic E-state index is 12.9. The number of allylic oxidation sites excluding steroid dienone is 1. The van der Waals surface area contributed by atoms with E-state index in [1.54, 1.807) is 0 Å². The van der Waals surface area contributed by atoms with Gasteiger partial charge in [0.1, 0.15) is 11.8 Å². The van der Waals surface area contributed by atoms with Gasteiger partial charge in [0.15, 0.2) is 0 Å². The smallest absolute Gasteiger partial charge is 0.306 e. The molecule has 3 fully saturated rings. The number of carbonyl (C=O) groups is 2. The van der Waals surface area contributed by atoms with Gasteiger partial charge in [-0.15, -0.1) is 0 Å². The van der Waals surface area contributed by atoms with E-state index in [1.165, 1.54) is 12.7 Å². The molecule has 8 heteroatoms. The van der Waals surface area contributed by atoms with Crippen LogP contribution >= 0.6 is 0 Å². The molecular formula is C26H38N4O4. The number of fused-ring (bicyclic) bond motifs is 1. The zero-order valence-electron chi connectivity index (χ0n) is 21.2. The SMILES string of the molecule is COC(=O)CCC(=O)N1CCN(C2=NC(C3CC3)=C3COC(C)(C)CC3C2C#N)C[C@H]1C(C)C. The molecule has 3 aliphatic heterocycles. The van der Waals surface area contributed by atoms with Crippen LogP contribution in [0.5, 0.6) is 0 Å². The van der Waals surface area contributed by atoms with Crippen LogP contribution in [0.1, 0.15) is 59.8 Å². The van der Waals surface area contributed by atoms with Crippen molar-refractivity contribution in [3.63, 3.8) is 0 Å². The van der Waals surface area contributed by atoms with Crippen LogP contribution < -0.4 is 0 Å². The van der Waals surface area contributed by atoms with Crippen LogP contribution in [0, 0.1) is 35.0 Å². The number of methoxy groups -OCH3 is 1. The van der Waals surface area contributed by atoms with Crippen LogP contribution in [-0.2, 0) is 19.1 Å². The van der Waals surface area contributed by atoms with Crippen molar-refractivity contribution in [1.29, 1.82) is 5.26 Å². The van der Waals surface area contributed by atoms with Crippen molar-refractivity contribution in [1.82, 2.24) is 9.80 Å². The molecule has 0 aromatic rings. The molecule has 2 unspecified atom stereocenters. The van der Waals surface area contributed by atoms with E-state index >= 15 is 0 Å². The molecule has 4 aliphatic rings. The van der Waals surface area contributed by atoms with Crippen molar-refractivity contribution in [2.75, 3.05) is 33.4 Å². The Labute approximate surface area is 203 Å². The third kappa shape index (κ3) is 5.00. The minimum Gasteiger partial charge on any atom is -0.469 e. The third-order valence-corrected chi connectivity index (χ3v) is 7.73. The van der Waals surface area contributed by atoms with Gasteiger partial charge in [-0.05, 0) is 44.6 Å². The standard InChI is InChI=1S/C26H38N4O4/c1-16(2)21-14-29(10-11-30(21)22(31)8-9-23(32)33-5)25-19(13-27)18-12-26(3,4)34-15-20(18)24(28-25)17-6-7-17/h16-19,21H,6-12,14-15H2,1-5H3/t18?,19?,21-/m0/s1. The Balaban J connectivity index is 1.57. The predicted molar refractivity (Wildman–Crippen MR) is 128 cm³/mol. The van der Waals surface area contributed by atoms with Gasteiger partial charge in [0.2, 0.25) is 5.91 Å². The summed E-state index contributed by atoms with van der Waals surface area (Å²) in [6.07, 6.45) is 3.38. The first kappa shape index (κ1) is 24.7. The average Bonchev–Trinajstić information content (AvgIpc) is 3.65. The largest absolute Gasteiger partial charge is 0.469 e. The first-order chi connectivity index (χ1) is 16.1. The van der Waals surface area contributed by atoms with Gasteiger partial charge in [-0.3, -0.25) is 9.59 Å². The maximum Gasteiger partial charge on any atom is 0.306 e. The second kappa shape index (κ2) is 9.69. The van der Waals surface area contributed by atoms with E-state index < -0.39 is 0 Å². The Hall–Kier alpha value is -2.40. The van der Waals surface area contributed by atoms with Crippen molar-refractivity contribution >= 4 is 17.7 Å². The van der Waals surface area contributed by atoms with Crippen LogP contribution in [0.25, 0.3) is 0 Å². The molecule has 8 nitrogen and oxygen atoms in total. The quantitative estimate of drug-likeness (QED) is 0.573. The Bertz CT molecular complexity index is 928. The van der Waals surface area contributed by atoms with Crippen molar-refractivity contribution in [2.24, 2.45) is 28.7 Å². The molecule has 1 saturated carbocycles. The van der Waals surface area contributed by atoms with E-state index in [0.29, 0.717) is 32.2 Å². The van der Waals surface area contributed by atoms with Gasteiger partial charge in [0.05, 0.1) is 37.8 Å². The summed E-state index contributed by atoms with van der Waals surface area (Å²) in [5, 5.41) is 10.3. The molecule has 0 bridgehead atoms. The van der Waals surface area contributed by atoms with Gasteiger partial charge in [0, 0.05) is 43.6 Å². The van der Waals surface area contributed by atoms with E-state index in [0.717, 1.165) is 30.8 Å². The topological polar surface area (TPSA) is 95.2 Å². The Morgan fingerprint density at radius 1 is 1.26 bits per heavy atom. The van der Waals surface area contributed by atoms with Gasteiger partial charge in [-0.2, -0.15) is 5.26 Å². The maximum absolute atomic E-state index is 12.9. The summed E-state index contributed by atoms with van der Waals surface area (Å²) in [5.74, 6) is 1.06. The molecule has 1 aliphatic carbocycles. The number of nitriles is 1. The Morgan fingerprint density at radius 2 is 2.00 bits per heavy atom. The molecule has 1 amide bonds. The van der Waals surface area contributed by atoms with Gasteiger partial charge in [-0.1, -0.05) is 13.8 Å². The highest BCUT2D eigenvalue weighted by Gasteiger charge is 2.47. The minimum absolute atomic E-state index is 0.00169. The number of carbonyl (C=O) groups excluding carboxylic acids is 2. The van der Waals surface area contributed by atoms with Gasteiger partial charge in [-0.25, -0.2) is 4.99 Å². The molecule has 34 heavy (non-hydrogen) atoms. The molecule has 0 spiro atoms. The van der Waals surface area contributed by atoms with Crippen molar-refractivity contribution in [2.45, 2.75) is 71.4 Å². The minimum atomic E-state index is -0.365. The number of rotatable bonds is 5. The predicted octanol–water partition coefficient (Wildman–Crippen LogP) is 3.14. The zero-order chi connectivity index (χ0) is 24.6. The normalized spacial score (nSPS) is 28.9. The number of esters is 1. The molecule has 0 radical (unpaired) electrons. The van der Waals surface area contributed by atoms with Crippen LogP contribution in [0.3, 0.4) is 0 Å². The second-order valence-electron chi connectivity index (χ2n) is 11.0. The van der Waals surface area contributed by atoms with Gasteiger partial charge in [0.25, 0.3) is 0 Å². The summed E-state index contributed by atoms with van der Waals surface area (Å²) >= 11 is 0. The summed E-state index contributed by atoms with van der Waals surface area (Å²) in [7, 11) is 1.34. The molecule has 0 aromatic heterocycles. The molecule has 186 valence electrons. The fourth-order valence-electron chi connectivity index (χ4n) is 5.60. The number of aliphatic imine (C=N–C) groups is 1. The van der Waals surface area contributed by atoms with Crippen LogP contribution in [0.4, 0.5) is 0 Å². The molecule has 4 rings (SSSR count). The van der Waals surface area contributed by atoms with E-state index in [4.69, 9.17) is 14.5 Å². The zero-order valence-corrected chi connectivity index (χ0v) is 21.2. The Kier molecular flexibility index (Phi) is 7.04. The molecular weight excluding hydrogens is 432 g/mol. The first-order valence-electron chi connectivity index (χ1n) is 12.6. The summed E-state index contributed by atoms with van der Waals surface area (Å²) in [6.45, 7) is 10.9. The lowest BCUT2D eigenvalue weighted by Crippen LogP contribution is -2.60. The number of hydrogen-bond acceptors (Lipinski definition) is 7. The van der Waals surface area contributed by atoms with E-state index in [9.17, 15) is 14.9 Å². The van der Waals surface area contributed by atoms with E-state index in [2.05, 4.69) is 38.7 Å². The molecule has 3 heterocycles. The lowest BCUT2D eigenvalue weighted by atomic mass is 9.74. The third-order valence-electron chi connectivity index (χ3n) is 7.73. The highest BCUT2D eigenvalue weighted by molar-refractivity contribution is 5.90. The molecule has 0 aromatic carbocycles. The molecule has 3 atom stereocenters. The highest BCUT2D eigenvalue weighted by Crippen LogP contribution is 2.48. The fraction of sp³-hybridized carbons (Fsp3) is 0.769. The second-order valence-corrected chi connectivity index (χ2v) is 11.0. The van der Waals surface area contributed by atoms with Gasteiger partial charge >= 0.3 is 5.97 Å². The molecule has 0 N–H and O–H groups in total. The number of piperazine rings is 1.